The minimum atomic E-state index is -0.481. The fourth-order valence-corrected chi connectivity index (χ4v) is 2.05. The maximum atomic E-state index is 12.1. The first-order chi connectivity index (χ1) is 10.0. The van der Waals surface area contributed by atoms with Gasteiger partial charge in [-0.1, -0.05) is 30.3 Å². The summed E-state index contributed by atoms with van der Waals surface area (Å²) in [6.07, 6.45) is 0. The highest BCUT2D eigenvalue weighted by Gasteiger charge is 2.22. The summed E-state index contributed by atoms with van der Waals surface area (Å²) in [6.45, 7) is 3.92. The van der Waals surface area contributed by atoms with Gasteiger partial charge in [-0.25, -0.2) is 4.79 Å². The number of nitrogens with one attached hydrogen (secondary N) is 2. The van der Waals surface area contributed by atoms with E-state index in [-0.39, 0.29) is 6.03 Å². The van der Waals surface area contributed by atoms with Crippen LogP contribution >= 0.6 is 0 Å². The Labute approximate surface area is 125 Å². The van der Waals surface area contributed by atoms with E-state index in [1.54, 1.807) is 7.11 Å². The highest BCUT2D eigenvalue weighted by molar-refractivity contribution is 5.89. The van der Waals surface area contributed by atoms with Crippen LogP contribution < -0.4 is 15.4 Å². The van der Waals surface area contributed by atoms with E-state index < -0.39 is 5.54 Å². The van der Waals surface area contributed by atoms with Crippen LogP contribution in [0.15, 0.2) is 54.6 Å². The van der Waals surface area contributed by atoms with Crippen molar-refractivity contribution in [3.63, 3.8) is 0 Å². The van der Waals surface area contributed by atoms with Crippen LogP contribution in [0, 0.1) is 0 Å². The monoisotopic (exact) mass is 284 g/mol. The van der Waals surface area contributed by atoms with Crippen molar-refractivity contribution >= 4 is 11.7 Å². The van der Waals surface area contributed by atoms with Crippen LogP contribution in [0.25, 0.3) is 0 Å². The Bertz CT molecular complexity index is 592. The first-order valence-electron chi connectivity index (χ1n) is 6.80. The first kappa shape index (κ1) is 14.9. The molecule has 0 saturated carbocycles. The van der Waals surface area contributed by atoms with Gasteiger partial charge in [0, 0.05) is 5.69 Å². The zero-order valence-corrected chi connectivity index (χ0v) is 12.5. The van der Waals surface area contributed by atoms with Gasteiger partial charge in [0.2, 0.25) is 0 Å². The molecule has 2 aromatic carbocycles. The summed E-state index contributed by atoms with van der Waals surface area (Å²) in [6, 6.07) is 16.8. The second-order valence-electron chi connectivity index (χ2n) is 5.30. The molecule has 4 heteroatoms. The molecule has 4 nitrogen and oxygen atoms in total. The molecule has 2 amide bonds. The molecule has 0 saturated heterocycles. The lowest BCUT2D eigenvalue weighted by atomic mass is 9.94. The van der Waals surface area contributed by atoms with Gasteiger partial charge in [0.05, 0.1) is 12.6 Å². The standard InChI is InChI=1S/C17H20N2O2/c1-17(2,13-9-11-15(21-3)12-10-13)19-16(20)18-14-7-5-4-6-8-14/h4-12H,1-3H3,(H2,18,19,20). The summed E-state index contributed by atoms with van der Waals surface area (Å²) in [7, 11) is 1.63. The second kappa shape index (κ2) is 6.31. The van der Waals surface area contributed by atoms with E-state index in [1.807, 2.05) is 68.4 Å². The molecule has 110 valence electrons. The van der Waals surface area contributed by atoms with Crippen LogP contribution in [0.3, 0.4) is 0 Å². The molecule has 2 N–H and O–H groups in total. The summed E-state index contributed by atoms with van der Waals surface area (Å²) >= 11 is 0. The molecule has 0 unspecified atom stereocenters. The number of benzene rings is 2. The number of rotatable bonds is 4. The highest BCUT2D eigenvalue weighted by Crippen LogP contribution is 2.22. The zero-order valence-electron chi connectivity index (χ0n) is 12.5. The average molecular weight is 284 g/mol. The predicted molar refractivity (Wildman–Crippen MR) is 84.6 cm³/mol. The van der Waals surface area contributed by atoms with Crippen molar-refractivity contribution in [2.24, 2.45) is 0 Å². The Hall–Kier alpha value is -2.49. The van der Waals surface area contributed by atoms with Gasteiger partial charge in [-0.2, -0.15) is 0 Å². The van der Waals surface area contributed by atoms with Crippen molar-refractivity contribution in [3.8, 4) is 5.75 Å². The number of anilines is 1. The third kappa shape index (κ3) is 3.99. The van der Waals surface area contributed by atoms with Gasteiger partial charge < -0.3 is 15.4 Å². The van der Waals surface area contributed by atoms with E-state index in [0.717, 1.165) is 17.0 Å². The van der Waals surface area contributed by atoms with E-state index in [1.165, 1.54) is 0 Å². The van der Waals surface area contributed by atoms with Gasteiger partial charge in [-0.3, -0.25) is 0 Å². The van der Waals surface area contributed by atoms with E-state index in [4.69, 9.17) is 4.74 Å². The van der Waals surface area contributed by atoms with Crippen molar-refractivity contribution < 1.29 is 9.53 Å². The number of para-hydroxylation sites is 1. The van der Waals surface area contributed by atoms with Gasteiger partial charge >= 0.3 is 6.03 Å². The van der Waals surface area contributed by atoms with Gasteiger partial charge in [-0.05, 0) is 43.7 Å². The molecule has 0 aliphatic carbocycles. The maximum Gasteiger partial charge on any atom is 0.319 e. The Morgan fingerprint density at radius 3 is 2.19 bits per heavy atom. The topological polar surface area (TPSA) is 50.4 Å². The first-order valence-corrected chi connectivity index (χ1v) is 6.80. The number of urea groups is 1. The number of carbonyl (C=O) groups excluding carboxylic acids is 1. The summed E-state index contributed by atoms with van der Waals surface area (Å²) in [5.41, 5.74) is 1.29. The molecule has 0 atom stereocenters. The number of methoxy groups -OCH3 is 1. The molecule has 2 aromatic rings. The van der Waals surface area contributed by atoms with Crippen LogP contribution in [-0.2, 0) is 5.54 Å². The Morgan fingerprint density at radius 1 is 1.00 bits per heavy atom. The van der Waals surface area contributed by atoms with E-state index >= 15 is 0 Å². The highest BCUT2D eigenvalue weighted by atomic mass is 16.5. The average Bonchev–Trinajstić information content (AvgIpc) is 2.47. The van der Waals surface area contributed by atoms with Crippen LogP contribution in [0.5, 0.6) is 5.75 Å². The Kier molecular flexibility index (Phi) is 4.48. The van der Waals surface area contributed by atoms with Crippen molar-refractivity contribution in [2.45, 2.75) is 19.4 Å². The van der Waals surface area contributed by atoms with Gasteiger partial charge in [-0.15, -0.1) is 0 Å². The molecular weight excluding hydrogens is 264 g/mol. The molecular formula is C17H20N2O2. The van der Waals surface area contributed by atoms with Crippen molar-refractivity contribution in [2.75, 3.05) is 12.4 Å². The van der Waals surface area contributed by atoms with Gasteiger partial charge in [0.1, 0.15) is 5.75 Å². The van der Waals surface area contributed by atoms with Gasteiger partial charge in [0.15, 0.2) is 0 Å². The number of ether oxygens (including phenoxy) is 1. The van der Waals surface area contributed by atoms with E-state index in [2.05, 4.69) is 10.6 Å². The number of amides is 2. The fraction of sp³-hybridized carbons (Fsp3) is 0.235. The molecule has 0 fully saturated rings. The van der Waals surface area contributed by atoms with Crippen LogP contribution in [-0.4, -0.2) is 13.1 Å². The minimum absolute atomic E-state index is 0.234. The SMILES string of the molecule is COc1ccc(C(C)(C)NC(=O)Nc2ccccc2)cc1. The molecule has 0 spiro atoms. The molecule has 0 radical (unpaired) electrons. The van der Waals surface area contributed by atoms with Crippen LogP contribution in [0.2, 0.25) is 0 Å². The van der Waals surface area contributed by atoms with Crippen molar-refractivity contribution in [1.29, 1.82) is 0 Å². The van der Waals surface area contributed by atoms with E-state index in [9.17, 15) is 4.79 Å². The quantitative estimate of drug-likeness (QED) is 0.898. The lowest BCUT2D eigenvalue weighted by Crippen LogP contribution is -2.43. The van der Waals surface area contributed by atoms with E-state index in [0.29, 0.717) is 0 Å². The number of hydrogen-bond acceptors (Lipinski definition) is 2. The summed E-state index contributed by atoms with van der Waals surface area (Å²) < 4.78 is 5.14. The number of hydrogen-bond donors (Lipinski definition) is 2. The number of carbonyl (C=O) groups is 1. The lowest BCUT2D eigenvalue weighted by molar-refractivity contribution is 0.242. The molecule has 0 bridgehead atoms. The molecule has 0 aromatic heterocycles. The Morgan fingerprint density at radius 2 is 1.62 bits per heavy atom. The summed E-state index contributed by atoms with van der Waals surface area (Å²) in [5.74, 6) is 0.795. The minimum Gasteiger partial charge on any atom is -0.497 e. The normalized spacial score (nSPS) is 10.8. The second-order valence-corrected chi connectivity index (χ2v) is 5.30. The van der Waals surface area contributed by atoms with Crippen LogP contribution in [0.4, 0.5) is 10.5 Å². The van der Waals surface area contributed by atoms with Crippen molar-refractivity contribution in [1.82, 2.24) is 5.32 Å². The summed E-state index contributed by atoms with van der Waals surface area (Å²) in [5, 5.41) is 5.78. The largest absolute Gasteiger partial charge is 0.497 e. The third-order valence-electron chi connectivity index (χ3n) is 3.27. The summed E-state index contributed by atoms with van der Waals surface area (Å²) in [4.78, 5) is 12.1. The van der Waals surface area contributed by atoms with Crippen LogP contribution in [0.1, 0.15) is 19.4 Å². The molecule has 21 heavy (non-hydrogen) atoms. The fourth-order valence-electron chi connectivity index (χ4n) is 2.05. The van der Waals surface area contributed by atoms with Gasteiger partial charge in [0.25, 0.3) is 0 Å². The molecule has 0 aliphatic heterocycles. The smallest absolute Gasteiger partial charge is 0.319 e. The zero-order chi connectivity index (χ0) is 15.3. The molecule has 2 rings (SSSR count). The molecule has 0 heterocycles. The predicted octanol–water partition coefficient (Wildman–Crippen LogP) is 3.75. The third-order valence-corrected chi connectivity index (χ3v) is 3.27. The van der Waals surface area contributed by atoms with Crippen molar-refractivity contribution in [3.05, 3.63) is 60.2 Å². The Balaban J connectivity index is 2.03. The maximum absolute atomic E-state index is 12.1. The lowest BCUT2D eigenvalue weighted by Gasteiger charge is -2.27. The molecule has 0 aliphatic rings.